The van der Waals surface area contributed by atoms with Gasteiger partial charge in [0.15, 0.2) is 5.82 Å². The standard InChI is InChI=1S/C52H36N4S/c1-3-39-41-32-36(25-28-46(41)55(44(39)4-2)37-18-10-6-11-19-37)52-53-49(33-16-8-5-9-17-33)51-50(54-52)43-31-35(26-29-48(43)57-51)34-24-27-47-42(30-34)40-22-14-15-23-45(40)56(47)38-20-12-7-13-21-38/h3-4,6-8,10-32H,1-2,5,9H2. The van der Waals surface area contributed by atoms with Crippen LogP contribution in [-0.4, -0.2) is 19.1 Å². The molecule has 0 saturated carbocycles. The molecule has 0 atom stereocenters. The maximum atomic E-state index is 5.41. The quantitative estimate of drug-likeness (QED) is 0.163. The maximum absolute atomic E-state index is 5.41. The van der Waals surface area contributed by atoms with Gasteiger partial charge in [0.1, 0.15) is 0 Å². The van der Waals surface area contributed by atoms with Gasteiger partial charge in [0.05, 0.1) is 38.2 Å². The number of benzene rings is 6. The molecule has 0 bridgehead atoms. The predicted molar refractivity (Wildman–Crippen MR) is 243 cm³/mol. The summed E-state index contributed by atoms with van der Waals surface area (Å²) in [5.41, 5.74) is 14.2. The first-order valence-corrected chi connectivity index (χ1v) is 20.2. The van der Waals surface area contributed by atoms with Crippen molar-refractivity contribution in [3.05, 3.63) is 188 Å². The van der Waals surface area contributed by atoms with Crippen molar-refractivity contribution in [2.24, 2.45) is 0 Å². The molecule has 0 N–H and O–H groups in total. The lowest BCUT2D eigenvalue weighted by molar-refractivity contribution is 1.04. The SMILES string of the molecule is C=Cc1c(C=C)n(-c2ccccc2)c2ccc(-c3nc(C4=CCCC=C4)c4sc5ccc(-c6ccc7c(c6)c6ccccc6n7-c6ccccc6)cc5c4n3)cc12. The minimum Gasteiger partial charge on any atom is -0.309 e. The number of nitrogens with zero attached hydrogens (tertiary/aromatic N) is 4. The van der Waals surface area contributed by atoms with Crippen LogP contribution in [0.1, 0.15) is 29.8 Å². The number of aromatic nitrogens is 4. The first kappa shape index (κ1) is 33.3. The van der Waals surface area contributed by atoms with Gasteiger partial charge in [0.25, 0.3) is 0 Å². The number of hydrogen-bond acceptors (Lipinski definition) is 3. The van der Waals surface area contributed by atoms with Crippen LogP contribution in [0.25, 0.3) is 105 Å². The molecule has 0 aliphatic heterocycles. The summed E-state index contributed by atoms with van der Waals surface area (Å²) in [4.78, 5) is 10.8. The fourth-order valence-electron chi connectivity index (χ4n) is 8.69. The third-order valence-corrected chi connectivity index (χ3v) is 12.5. The number of hydrogen-bond donors (Lipinski definition) is 0. The summed E-state index contributed by atoms with van der Waals surface area (Å²) in [5.74, 6) is 0.710. The molecule has 0 saturated heterocycles. The number of thiophene rings is 1. The number of para-hydroxylation sites is 3. The van der Waals surface area contributed by atoms with Crippen molar-refractivity contribution < 1.29 is 0 Å². The van der Waals surface area contributed by atoms with Crippen LogP contribution in [0, 0.1) is 0 Å². The van der Waals surface area contributed by atoms with Gasteiger partial charge < -0.3 is 9.13 Å². The number of fused-ring (bicyclic) bond motifs is 7. The van der Waals surface area contributed by atoms with Gasteiger partial charge in [-0.3, -0.25) is 0 Å². The number of rotatable bonds is 7. The second kappa shape index (κ2) is 13.3. The lowest BCUT2D eigenvalue weighted by Crippen LogP contribution is -1.98. The van der Waals surface area contributed by atoms with Crippen molar-refractivity contribution >= 4 is 82.1 Å². The Labute approximate surface area is 334 Å². The normalized spacial score (nSPS) is 12.9. The average molecular weight is 749 g/mol. The fourth-order valence-corrected chi connectivity index (χ4v) is 9.82. The minimum atomic E-state index is 0.710. The van der Waals surface area contributed by atoms with E-state index in [-0.39, 0.29) is 0 Å². The van der Waals surface area contributed by atoms with Crippen LogP contribution < -0.4 is 0 Å². The highest BCUT2D eigenvalue weighted by Gasteiger charge is 2.21. The Morgan fingerprint density at radius 2 is 1.21 bits per heavy atom. The Hall–Kier alpha value is -7.08. The van der Waals surface area contributed by atoms with Gasteiger partial charge in [0, 0.05) is 48.7 Å². The third kappa shape index (κ3) is 5.27. The summed E-state index contributed by atoms with van der Waals surface area (Å²) < 4.78 is 6.93. The highest BCUT2D eigenvalue weighted by Crippen LogP contribution is 2.42. The summed E-state index contributed by atoms with van der Waals surface area (Å²) in [5, 5.41) is 4.71. The predicted octanol–water partition coefficient (Wildman–Crippen LogP) is 14.2. The van der Waals surface area contributed by atoms with Gasteiger partial charge in [-0.1, -0.05) is 104 Å². The van der Waals surface area contributed by atoms with E-state index in [1.807, 2.05) is 18.2 Å². The van der Waals surface area contributed by atoms with Crippen LogP contribution in [0.4, 0.5) is 0 Å². The molecule has 0 amide bonds. The summed E-state index contributed by atoms with van der Waals surface area (Å²) in [6.07, 6.45) is 12.7. The van der Waals surface area contributed by atoms with Crippen LogP contribution in [0.3, 0.4) is 0 Å². The molecule has 1 aliphatic carbocycles. The van der Waals surface area contributed by atoms with Crippen molar-refractivity contribution in [1.82, 2.24) is 19.1 Å². The van der Waals surface area contributed by atoms with Gasteiger partial charge >= 0.3 is 0 Å². The topological polar surface area (TPSA) is 35.6 Å². The number of allylic oxidation sites excluding steroid dienone is 4. The van der Waals surface area contributed by atoms with E-state index in [9.17, 15) is 0 Å². The molecule has 1 aliphatic rings. The molecular formula is C52H36N4S. The second-order valence-electron chi connectivity index (χ2n) is 14.6. The van der Waals surface area contributed by atoms with Crippen molar-refractivity contribution in [3.8, 4) is 33.9 Å². The molecule has 5 heteroatoms. The first-order chi connectivity index (χ1) is 28.2. The molecule has 0 unspecified atom stereocenters. The van der Waals surface area contributed by atoms with E-state index in [1.54, 1.807) is 11.3 Å². The zero-order chi connectivity index (χ0) is 38.0. The van der Waals surface area contributed by atoms with E-state index in [1.165, 1.54) is 32.1 Å². The fraction of sp³-hybridized carbons (Fsp3) is 0.0385. The molecule has 57 heavy (non-hydrogen) atoms. The molecule has 0 fully saturated rings. The third-order valence-electron chi connectivity index (χ3n) is 11.3. The Bertz CT molecular complexity index is 3320. The van der Waals surface area contributed by atoms with Crippen molar-refractivity contribution in [2.75, 3.05) is 0 Å². The largest absolute Gasteiger partial charge is 0.309 e. The molecule has 0 radical (unpaired) electrons. The highest BCUT2D eigenvalue weighted by atomic mass is 32.1. The minimum absolute atomic E-state index is 0.710. The van der Waals surface area contributed by atoms with Gasteiger partial charge in [0.2, 0.25) is 0 Å². The molecule has 6 aromatic carbocycles. The van der Waals surface area contributed by atoms with Crippen LogP contribution in [0.5, 0.6) is 0 Å². The summed E-state index contributed by atoms with van der Waals surface area (Å²) in [6, 6.07) is 50.0. The molecule has 4 heterocycles. The van der Waals surface area contributed by atoms with E-state index in [2.05, 4.69) is 174 Å². The van der Waals surface area contributed by atoms with E-state index < -0.39 is 0 Å². The van der Waals surface area contributed by atoms with Gasteiger partial charge in [-0.25, -0.2) is 9.97 Å². The molecule has 10 aromatic rings. The first-order valence-electron chi connectivity index (χ1n) is 19.4. The van der Waals surface area contributed by atoms with Gasteiger partial charge in [-0.2, -0.15) is 0 Å². The smallest absolute Gasteiger partial charge is 0.160 e. The van der Waals surface area contributed by atoms with Crippen molar-refractivity contribution in [2.45, 2.75) is 12.8 Å². The lowest BCUT2D eigenvalue weighted by atomic mass is 10.0. The average Bonchev–Trinajstić information content (AvgIpc) is 3.93. The monoisotopic (exact) mass is 748 g/mol. The highest BCUT2D eigenvalue weighted by molar-refractivity contribution is 7.26. The van der Waals surface area contributed by atoms with Gasteiger partial charge in [-0.15, -0.1) is 11.3 Å². The van der Waals surface area contributed by atoms with Crippen LogP contribution >= 0.6 is 11.3 Å². The van der Waals surface area contributed by atoms with Crippen molar-refractivity contribution in [1.29, 1.82) is 0 Å². The Balaban J connectivity index is 1.10. The van der Waals surface area contributed by atoms with Gasteiger partial charge in [-0.05, 0) is 108 Å². The Kier molecular flexibility index (Phi) is 7.76. The van der Waals surface area contributed by atoms with Crippen LogP contribution in [0.2, 0.25) is 0 Å². The van der Waals surface area contributed by atoms with Crippen LogP contribution in [0.15, 0.2) is 171 Å². The van der Waals surface area contributed by atoms with E-state index in [4.69, 9.17) is 9.97 Å². The molecule has 11 rings (SSSR count). The molecular weight excluding hydrogens is 713 g/mol. The Morgan fingerprint density at radius 1 is 0.561 bits per heavy atom. The van der Waals surface area contributed by atoms with E-state index >= 15 is 0 Å². The zero-order valence-corrected chi connectivity index (χ0v) is 32.0. The zero-order valence-electron chi connectivity index (χ0n) is 31.2. The summed E-state index contributed by atoms with van der Waals surface area (Å²) in [6.45, 7) is 8.40. The second-order valence-corrected chi connectivity index (χ2v) is 15.6. The molecule has 270 valence electrons. The molecule has 4 nitrogen and oxygen atoms in total. The van der Waals surface area contributed by atoms with E-state index in [0.29, 0.717) is 5.82 Å². The summed E-state index contributed by atoms with van der Waals surface area (Å²) >= 11 is 1.78. The Morgan fingerprint density at radius 3 is 1.95 bits per heavy atom. The maximum Gasteiger partial charge on any atom is 0.160 e. The lowest BCUT2D eigenvalue weighted by Gasteiger charge is -2.11. The van der Waals surface area contributed by atoms with Crippen LogP contribution in [-0.2, 0) is 0 Å². The van der Waals surface area contributed by atoms with Crippen molar-refractivity contribution in [3.63, 3.8) is 0 Å². The molecule has 0 spiro atoms. The van der Waals surface area contributed by atoms with E-state index in [0.717, 1.165) is 84.4 Å². The summed E-state index contributed by atoms with van der Waals surface area (Å²) in [7, 11) is 0. The molecule has 4 aromatic heterocycles.